The molecule has 0 saturated carbocycles. The lowest BCUT2D eigenvalue weighted by Gasteiger charge is -2.14. The summed E-state index contributed by atoms with van der Waals surface area (Å²) in [5.41, 5.74) is 3.39. The van der Waals surface area contributed by atoms with Gasteiger partial charge in [0.2, 0.25) is 5.78 Å². The van der Waals surface area contributed by atoms with Crippen LogP contribution in [-0.2, 0) is 38.6 Å². The van der Waals surface area contributed by atoms with Crippen LogP contribution in [0.25, 0.3) is 11.1 Å². The Morgan fingerprint density at radius 1 is 0.917 bits per heavy atom. The average molecular weight is 491 g/mol. The van der Waals surface area contributed by atoms with Gasteiger partial charge in [0.15, 0.2) is 11.5 Å². The van der Waals surface area contributed by atoms with Gasteiger partial charge in [-0.15, -0.1) is 0 Å². The lowest BCUT2D eigenvalue weighted by Crippen LogP contribution is -2.14. The number of nitrogens with zero attached hydrogens (tertiary/aromatic N) is 2. The first kappa shape index (κ1) is 26.5. The van der Waals surface area contributed by atoms with Crippen molar-refractivity contribution in [2.24, 2.45) is 0 Å². The molecule has 36 heavy (non-hydrogen) atoms. The molecule has 188 valence electrons. The molecule has 0 atom stereocenters. The second-order valence-electron chi connectivity index (χ2n) is 8.29. The highest BCUT2D eigenvalue weighted by molar-refractivity contribution is 6.44. The molecular weight excluding hydrogens is 460 g/mol. The van der Waals surface area contributed by atoms with Gasteiger partial charge < -0.3 is 14.0 Å². The molecule has 0 saturated heterocycles. The number of esters is 2. The summed E-state index contributed by atoms with van der Waals surface area (Å²) in [4.78, 5) is 52.6. The highest BCUT2D eigenvalue weighted by atomic mass is 16.5. The first-order chi connectivity index (χ1) is 17.3. The first-order valence-electron chi connectivity index (χ1n) is 11.9. The highest BCUT2D eigenvalue weighted by Gasteiger charge is 2.24. The van der Waals surface area contributed by atoms with Crippen LogP contribution in [0.1, 0.15) is 72.0 Å². The van der Waals surface area contributed by atoms with Gasteiger partial charge in [0.25, 0.3) is 0 Å². The van der Waals surface area contributed by atoms with Crippen LogP contribution in [0, 0.1) is 0 Å². The van der Waals surface area contributed by atoms with Crippen LogP contribution in [0.2, 0.25) is 0 Å². The number of hydrogen-bond acceptors (Lipinski definition) is 7. The fraction of sp³-hybridized carbons (Fsp3) is 0.321. The number of benzene rings is 2. The van der Waals surface area contributed by atoms with Crippen LogP contribution in [0.3, 0.4) is 0 Å². The number of ether oxygens (including phenoxy) is 2. The summed E-state index contributed by atoms with van der Waals surface area (Å²) >= 11 is 0. The highest BCUT2D eigenvalue weighted by Crippen LogP contribution is 2.26. The van der Waals surface area contributed by atoms with E-state index in [2.05, 4.69) is 4.98 Å². The summed E-state index contributed by atoms with van der Waals surface area (Å²) in [7, 11) is 0. The van der Waals surface area contributed by atoms with Crippen molar-refractivity contribution in [2.75, 3.05) is 6.61 Å². The van der Waals surface area contributed by atoms with E-state index >= 15 is 0 Å². The van der Waals surface area contributed by atoms with E-state index in [0.29, 0.717) is 35.6 Å². The average Bonchev–Trinajstić information content (AvgIpc) is 3.20. The second-order valence-corrected chi connectivity index (χ2v) is 8.29. The summed E-state index contributed by atoms with van der Waals surface area (Å²) < 4.78 is 12.3. The zero-order chi connectivity index (χ0) is 26.2. The van der Waals surface area contributed by atoms with E-state index in [4.69, 9.17) is 9.47 Å². The molecule has 1 aromatic heterocycles. The van der Waals surface area contributed by atoms with E-state index in [9.17, 15) is 19.2 Å². The van der Waals surface area contributed by atoms with Gasteiger partial charge in [-0.3, -0.25) is 14.4 Å². The molecule has 3 aromatic rings. The number of ketones is 2. The number of aromatic nitrogens is 2. The van der Waals surface area contributed by atoms with E-state index in [-0.39, 0.29) is 18.9 Å². The lowest BCUT2D eigenvalue weighted by molar-refractivity contribution is -0.142. The Morgan fingerprint density at radius 3 is 2.22 bits per heavy atom. The third-order valence-corrected chi connectivity index (χ3v) is 5.60. The first-order valence-corrected chi connectivity index (χ1v) is 11.9. The molecule has 8 nitrogen and oxygen atoms in total. The molecule has 0 radical (unpaired) electrons. The maximum atomic E-state index is 12.6. The van der Waals surface area contributed by atoms with Crippen LogP contribution < -0.4 is 0 Å². The Morgan fingerprint density at radius 2 is 1.61 bits per heavy atom. The molecule has 8 heteroatoms. The molecule has 0 amide bonds. The van der Waals surface area contributed by atoms with Crippen molar-refractivity contribution >= 4 is 23.5 Å². The molecule has 3 rings (SSSR count). The molecule has 0 N–H and O–H groups in total. The van der Waals surface area contributed by atoms with E-state index in [1.807, 2.05) is 47.9 Å². The monoisotopic (exact) mass is 490 g/mol. The van der Waals surface area contributed by atoms with E-state index in [1.54, 1.807) is 19.1 Å². The number of carbonyl (C=O) groups is 4. The third-order valence-electron chi connectivity index (χ3n) is 5.60. The predicted molar refractivity (Wildman–Crippen MR) is 134 cm³/mol. The molecule has 0 aliphatic carbocycles. The SMILES string of the molecule is CCCc1nc(C(=O)OCC)c(COC(C)=O)n1Cc1ccc(-c2ccccc2C(=O)C(C)=O)cc1. The molecule has 0 spiro atoms. The van der Waals surface area contributed by atoms with Gasteiger partial charge in [-0.1, -0.05) is 55.5 Å². The lowest BCUT2D eigenvalue weighted by atomic mass is 9.95. The van der Waals surface area contributed by atoms with Gasteiger partial charge >= 0.3 is 11.9 Å². The molecule has 0 bridgehead atoms. The van der Waals surface area contributed by atoms with Gasteiger partial charge in [0, 0.05) is 32.4 Å². The minimum absolute atomic E-state index is 0.0984. The normalized spacial score (nSPS) is 10.7. The van der Waals surface area contributed by atoms with Crippen molar-refractivity contribution in [1.29, 1.82) is 0 Å². The fourth-order valence-electron chi connectivity index (χ4n) is 3.91. The molecule has 0 aliphatic rings. The number of imidazole rings is 1. The molecule has 2 aromatic carbocycles. The quantitative estimate of drug-likeness (QED) is 0.220. The number of rotatable bonds is 11. The Kier molecular flexibility index (Phi) is 8.89. The summed E-state index contributed by atoms with van der Waals surface area (Å²) in [5, 5.41) is 0. The van der Waals surface area contributed by atoms with E-state index < -0.39 is 23.5 Å². The zero-order valence-corrected chi connectivity index (χ0v) is 21.0. The van der Waals surface area contributed by atoms with Gasteiger partial charge in [0.05, 0.1) is 12.3 Å². The van der Waals surface area contributed by atoms with Crippen molar-refractivity contribution in [3.05, 3.63) is 76.9 Å². The maximum absolute atomic E-state index is 12.6. The van der Waals surface area contributed by atoms with E-state index in [0.717, 1.165) is 17.5 Å². The number of Topliss-reactive ketones (excluding diaryl/α,β-unsaturated/α-hetero) is 2. The topological polar surface area (TPSA) is 105 Å². The smallest absolute Gasteiger partial charge is 0.358 e. The van der Waals surface area contributed by atoms with Gasteiger partial charge in [-0.2, -0.15) is 0 Å². The standard InChI is InChI=1S/C28H30N2O6/c1-5-9-25-29-26(28(34)35-6-2)24(17-36-19(4)32)30(25)16-20-12-14-21(15-13-20)22-10-7-8-11-23(22)27(33)18(3)31/h7-8,10-15H,5-6,9,16-17H2,1-4H3. The van der Waals surface area contributed by atoms with Crippen LogP contribution in [0.5, 0.6) is 0 Å². The van der Waals surface area contributed by atoms with Crippen LogP contribution >= 0.6 is 0 Å². The molecule has 0 fully saturated rings. The Bertz CT molecular complexity index is 1270. The van der Waals surface area contributed by atoms with Gasteiger partial charge in [-0.25, -0.2) is 9.78 Å². The Balaban J connectivity index is 1.99. The Hall–Kier alpha value is -4.07. The van der Waals surface area contributed by atoms with E-state index in [1.165, 1.54) is 13.8 Å². The van der Waals surface area contributed by atoms with Crippen molar-refractivity contribution in [3.8, 4) is 11.1 Å². The van der Waals surface area contributed by atoms with Crippen molar-refractivity contribution in [3.63, 3.8) is 0 Å². The number of hydrogen-bond donors (Lipinski definition) is 0. The molecule has 1 heterocycles. The summed E-state index contributed by atoms with van der Waals surface area (Å²) in [6, 6.07) is 14.6. The summed E-state index contributed by atoms with van der Waals surface area (Å²) in [6.07, 6.45) is 1.44. The fourth-order valence-corrected chi connectivity index (χ4v) is 3.91. The Labute approximate surface area is 210 Å². The third kappa shape index (κ3) is 6.13. The van der Waals surface area contributed by atoms with Crippen molar-refractivity contribution in [1.82, 2.24) is 9.55 Å². The minimum Gasteiger partial charge on any atom is -0.461 e. The maximum Gasteiger partial charge on any atom is 0.358 e. The molecule has 0 unspecified atom stereocenters. The van der Waals surface area contributed by atoms with Crippen LogP contribution in [-0.4, -0.2) is 39.7 Å². The largest absolute Gasteiger partial charge is 0.461 e. The van der Waals surface area contributed by atoms with Crippen molar-refractivity contribution < 1.29 is 28.7 Å². The van der Waals surface area contributed by atoms with Gasteiger partial charge in [-0.05, 0) is 30.0 Å². The zero-order valence-electron chi connectivity index (χ0n) is 21.0. The van der Waals surface area contributed by atoms with Crippen LogP contribution in [0.4, 0.5) is 0 Å². The second kappa shape index (κ2) is 12.1. The summed E-state index contributed by atoms with van der Waals surface area (Å²) in [6.45, 7) is 6.81. The number of aryl methyl sites for hydroxylation is 1. The minimum atomic E-state index is -0.558. The molecular formula is C28H30N2O6. The van der Waals surface area contributed by atoms with Crippen LogP contribution in [0.15, 0.2) is 48.5 Å². The molecule has 0 aliphatic heterocycles. The number of carbonyl (C=O) groups excluding carboxylic acids is 4. The predicted octanol–water partition coefficient (Wildman–Crippen LogP) is 4.56. The van der Waals surface area contributed by atoms with Gasteiger partial charge in [0.1, 0.15) is 12.4 Å². The summed E-state index contributed by atoms with van der Waals surface area (Å²) in [5.74, 6) is -1.36. The van der Waals surface area contributed by atoms with Crippen molar-refractivity contribution in [2.45, 2.75) is 53.7 Å².